The molecule has 7 atom stereocenters. The first kappa shape index (κ1) is 16.1. The molecule has 0 spiro atoms. The Morgan fingerprint density at radius 1 is 0.957 bits per heavy atom. The van der Waals surface area contributed by atoms with Gasteiger partial charge in [-0.15, -0.1) is 0 Å². The Balaban J connectivity index is 1.70. The van der Waals surface area contributed by atoms with E-state index in [0.717, 1.165) is 25.2 Å². The highest BCUT2D eigenvalue weighted by molar-refractivity contribution is 5.85. The molecule has 1 unspecified atom stereocenters. The monoisotopic (exact) mass is 318 g/mol. The van der Waals surface area contributed by atoms with Crippen molar-refractivity contribution in [1.29, 1.82) is 0 Å². The number of hydrogen-bond acceptors (Lipinski definition) is 2. The summed E-state index contributed by atoms with van der Waals surface area (Å²) < 4.78 is 0. The predicted octanol–water partition coefficient (Wildman–Crippen LogP) is 4.60. The van der Waals surface area contributed by atoms with Crippen LogP contribution in [0.3, 0.4) is 0 Å². The van der Waals surface area contributed by atoms with E-state index in [1.165, 1.54) is 32.1 Å². The van der Waals surface area contributed by atoms with Gasteiger partial charge in [0, 0.05) is 11.8 Å². The lowest BCUT2D eigenvalue weighted by molar-refractivity contribution is -0.167. The fourth-order valence-corrected chi connectivity index (χ4v) is 7.92. The van der Waals surface area contributed by atoms with Gasteiger partial charge in [0.05, 0.1) is 6.10 Å². The van der Waals surface area contributed by atoms with Gasteiger partial charge < -0.3 is 5.11 Å². The molecular weight excluding hydrogens is 284 g/mol. The van der Waals surface area contributed by atoms with Crippen molar-refractivity contribution in [3.05, 3.63) is 0 Å². The first-order chi connectivity index (χ1) is 10.7. The zero-order valence-corrected chi connectivity index (χ0v) is 15.4. The molecule has 4 fully saturated rings. The number of hydrogen-bond donors (Lipinski definition) is 1. The summed E-state index contributed by atoms with van der Waals surface area (Å²) in [6, 6.07) is 0. The molecule has 0 bridgehead atoms. The van der Waals surface area contributed by atoms with E-state index in [4.69, 9.17) is 0 Å². The van der Waals surface area contributed by atoms with Crippen molar-refractivity contribution >= 4 is 5.78 Å². The van der Waals surface area contributed by atoms with Gasteiger partial charge in [0.25, 0.3) is 0 Å². The van der Waals surface area contributed by atoms with Crippen LogP contribution in [0.1, 0.15) is 79.1 Å². The van der Waals surface area contributed by atoms with E-state index < -0.39 is 0 Å². The lowest BCUT2D eigenvalue weighted by atomic mass is 9.41. The second kappa shape index (κ2) is 4.84. The summed E-state index contributed by atoms with van der Waals surface area (Å²) in [7, 11) is 0. The Labute approximate surface area is 141 Å². The molecule has 4 aliphatic carbocycles. The Morgan fingerprint density at radius 2 is 1.65 bits per heavy atom. The highest BCUT2D eigenvalue weighted by atomic mass is 16.3. The van der Waals surface area contributed by atoms with Crippen LogP contribution < -0.4 is 0 Å². The van der Waals surface area contributed by atoms with E-state index in [-0.39, 0.29) is 11.5 Å². The number of aliphatic hydroxyl groups excluding tert-OH is 1. The standard InChI is InChI=1S/C21H34O2/c1-19(2)16-6-5-13-14(21(16,4)12-9-17(19)23)7-10-20(3)11-8-15(22)18(13)20/h13-16,18,22H,5-12H2,1-4H3/t13-,14+,15?,16+,18-,20-,21-/m1/s1. The van der Waals surface area contributed by atoms with E-state index >= 15 is 0 Å². The maximum absolute atomic E-state index is 12.5. The van der Waals surface area contributed by atoms with E-state index in [9.17, 15) is 9.90 Å². The van der Waals surface area contributed by atoms with E-state index in [1.807, 2.05) is 0 Å². The molecule has 0 heterocycles. The normalized spacial score (nSPS) is 55.0. The number of fused-ring (bicyclic) bond motifs is 5. The number of carbonyl (C=O) groups excluding carboxylic acids is 1. The topological polar surface area (TPSA) is 37.3 Å². The molecule has 0 aromatic carbocycles. The Bertz CT molecular complexity index is 524. The minimum atomic E-state index is -0.146. The molecule has 0 amide bonds. The largest absolute Gasteiger partial charge is 0.393 e. The first-order valence-corrected chi connectivity index (χ1v) is 9.91. The zero-order valence-electron chi connectivity index (χ0n) is 15.4. The zero-order chi connectivity index (χ0) is 16.6. The maximum atomic E-state index is 12.5. The molecule has 0 aliphatic heterocycles. The van der Waals surface area contributed by atoms with Crippen LogP contribution in [-0.4, -0.2) is 17.0 Å². The molecule has 4 aliphatic rings. The van der Waals surface area contributed by atoms with Gasteiger partial charge in [0.1, 0.15) is 5.78 Å². The SMILES string of the molecule is CC1(C)C(=O)CC[C@]2(C)[C@H]3CC[C@]4(C)CCC(O)[C@H]4[C@@H]3CC[C@@H]12. The van der Waals surface area contributed by atoms with Gasteiger partial charge in [0.15, 0.2) is 0 Å². The average molecular weight is 319 g/mol. The molecule has 130 valence electrons. The lowest BCUT2D eigenvalue weighted by Crippen LogP contribution is -2.58. The summed E-state index contributed by atoms with van der Waals surface area (Å²) in [5.41, 5.74) is 0.542. The average Bonchev–Trinajstić information content (AvgIpc) is 2.79. The van der Waals surface area contributed by atoms with Gasteiger partial charge in [-0.05, 0) is 79.4 Å². The summed E-state index contributed by atoms with van der Waals surface area (Å²) in [6.07, 6.45) is 9.03. The van der Waals surface area contributed by atoms with Gasteiger partial charge in [0.2, 0.25) is 0 Å². The molecule has 4 saturated carbocycles. The summed E-state index contributed by atoms with van der Waals surface area (Å²) in [5, 5.41) is 10.7. The second-order valence-electron chi connectivity index (χ2n) is 10.4. The number of ketones is 1. The third-order valence-corrected chi connectivity index (χ3v) is 9.15. The fourth-order valence-electron chi connectivity index (χ4n) is 7.92. The highest BCUT2D eigenvalue weighted by Gasteiger charge is 2.63. The van der Waals surface area contributed by atoms with E-state index in [1.54, 1.807) is 0 Å². The van der Waals surface area contributed by atoms with Gasteiger partial charge in [-0.2, -0.15) is 0 Å². The molecule has 0 aromatic heterocycles. The quantitative estimate of drug-likeness (QED) is 0.709. The molecular formula is C21H34O2. The molecule has 2 nitrogen and oxygen atoms in total. The number of Topliss-reactive ketones (excluding diaryl/α,β-unsaturated/α-hetero) is 1. The van der Waals surface area contributed by atoms with Gasteiger partial charge >= 0.3 is 0 Å². The summed E-state index contributed by atoms with van der Waals surface area (Å²) in [4.78, 5) is 12.5. The van der Waals surface area contributed by atoms with Crippen LogP contribution in [-0.2, 0) is 4.79 Å². The van der Waals surface area contributed by atoms with Gasteiger partial charge in [-0.25, -0.2) is 0 Å². The van der Waals surface area contributed by atoms with Crippen LogP contribution in [0.25, 0.3) is 0 Å². The van der Waals surface area contributed by atoms with Crippen molar-refractivity contribution in [2.24, 2.45) is 39.9 Å². The van der Waals surface area contributed by atoms with Crippen LogP contribution >= 0.6 is 0 Å². The minimum Gasteiger partial charge on any atom is -0.393 e. The highest BCUT2D eigenvalue weighted by Crippen LogP contribution is 2.68. The summed E-state index contributed by atoms with van der Waals surface area (Å²) >= 11 is 0. The Hall–Kier alpha value is -0.370. The van der Waals surface area contributed by atoms with Crippen LogP contribution in [0.4, 0.5) is 0 Å². The summed E-state index contributed by atoms with van der Waals surface area (Å²) in [5.74, 6) is 2.95. The second-order valence-corrected chi connectivity index (χ2v) is 10.4. The van der Waals surface area contributed by atoms with Crippen molar-refractivity contribution < 1.29 is 9.90 Å². The molecule has 0 aromatic rings. The van der Waals surface area contributed by atoms with E-state index in [0.29, 0.717) is 34.4 Å². The number of carbonyl (C=O) groups is 1. The molecule has 4 rings (SSSR count). The van der Waals surface area contributed by atoms with Crippen molar-refractivity contribution in [2.75, 3.05) is 0 Å². The molecule has 23 heavy (non-hydrogen) atoms. The first-order valence-electron chi connectivity index (χ1n) is 9.91. The Kier molecular flexibility index (Phi) is 3.39. The molecule has 0 saturated heterocycles. The van der Waals surface area contributed by atoms with Crippen molar-refractivity contribution in [1.82, 2.24) is 0 Å². The third kappa shape index (κ3) is 2.00. The van der Waals surface area contributed by atoms with Gasteiger partial charge in [-0.3, -0.25) is 4.79 Å². The predicted molar refractivity (Wildman–Crippen MR) is 91.9 cm³/mol. The summed E-state index contributed by atoms with van der Waals surface area (Å²) in [6.45, 7) is 9.34. The van der Waals surface area contributed by atoms with Crippen LogP contribution in [0.2, 0.25) is 0 Å². The third-order valence-electron chi connectivity index (χ3n) is 9.15. The molecule has 2 heteroatoms. The fraction of sp³-hybridized carbons (Fsp3) is 0.952. The minimum absolute atomic E-state index is 0.0776. The van der Waals surface area contributed by atoms with E-state index in [2.05, 4.69) is 27.7 Å². The number of aliphatic hydroxyl groups is 1. The smallest absolute Gasteiger partial charge is 0.138 e. The maximum Gasteiger partial charge on any atom is 0.138 e. The molecule has 1 N–H and O–H groups in total. The van der Waals surface area contributed by atoms with Crippen molar-refractivity contribution in [3.8, 4) is 0 Å². The Morgan fingerprint density at radius 3 is 2.39 bits per heavy atom. The molecule has 0 radical (unpaired) electrons. The van der Waals surface area contributed by atoms with Crippen molar-refractivity contribution in [2.45, 2.75) is 85.2 Å². The van der Waals surface area contributed by atoms with Crippen LogP contribution in [0.5, 0.6) is 0 Å². The van der Waals surface area contributed by atoms with Crippen molar-refractivity contribution in [3.63, 3.8) is 0 Å². The van der Waals surface area contributed by atoms with Crippen LogP contribution in [0, 0.1) is 39.9 Å². The number of rotatable bonds is 0. The van der Waals surface area contributed by atoms with Gasteiger partial charge in [-0.1, -0.05) is 27.7 Å². The lowest BCUT2D eigenvalue weighted by Gasteiger charge is -2.63. The van der Waals surface area contributed by atoms with Crippen LogP contribution in [0.15, 0.2) is 0 Å².